The molecule has 0 bridgehead atoms. The molecule has 1 heterocycles. The van der Waals surface area contributed by atoms with Crippen LogP contribution in [0.5, 0.6) is 0 Å². The van der Waals surface area contributed by atoms with Gasteiger partial charge in [0.1, 0.15) is 0 Å². The number of aliphatic imine (C=N–C) groups is 1. The van der Waals surface area contributed by atoms with Crippen LogP contribution in [-0.2, 0) is 0 Å². The summed E-state index contributed by atoms with van der Waals surface area (Å²) in [6.45, 7) is 10.7. The average molecular weight is 241 g/mol. The summed E-state index contributed by atoms with van der Waals surface area (Å²) >= 11 is 0. The van der Waals surface area contributed by atoms with Crippen molar-refractivity contribution in [1.29, 1.82) is 0 Å². The van der Waals surface area contributed by atoms with Gasteiger partial charge in [0.25, 0.3) is 0 Å². The van der Waals surface area contributed by atoms with Gasteiger partial charge < -0.3 is 11.5 Å². The standard InChI is InChI=1S/C6H6.C5H5N.C4H8N2/c1-6-4-2-3-5-6;1-5-2-3-6-4-5;1-4(6)2-3-5/h2-5H,1H2;2-4H,1H2;2-3H,1,5-6H2/b;;3-2-. The number of nitrogens with zero attached hydrogens (tertiary/aromatic N) is 1. The lowest BCUT2D eigenvalue weighted by molar-refractivity contribution is 1.43. The smallest absolute Gasteiger partial charge is 0.0334 e. The van der Waals surface area contributed by atoms with Crippen molar-refractivity contribution >= 4 is 6.21 Å². The van der Waals surface area contributed by atoms with Crippen molar-refractivity contribution in [2.45, 2.75) is 0 Å². The van der Waals surface area contributed by atoms with Crippen molar-refractivity contribution in [2.24, 2.45) is 16.5 Å². The zero-order valence-corrected chi connectivity index (χ0v) is 10.4. The van der Waals surface area contributed by atoms with Crippen LogP contribution in [0, 0.1) is 0 Å². The van der Waals surface area contributed by atoms with Gasteiger partial charge in [-0.2, -0.15) is 0 Å². The lowest BCUT2D eigenvalue weighted by Crippen LogP contribution is -1.89. The lowest BCUT2D eigenvalue weighted by Gasteiger charge is -1.78. The second-order valence-corrected chi connectivity index (χ2v) is 3.40. The van der Waals surface area contributed by atoms with E-state index in [9.17, 15) is 0 Å². The summed E-state index contributed by atoms with van der Waals surface area (Å²) in [5.41, 5.74) is 12.5. The summed E-state index contributed by atoms with van der Waals surface area (Å²) in [7, 11) is 0. The molecule has 94 valence electrons. The van der Waals surface area contributed by atoms with E-state index in [1.54, 1.807) is 12.4 Å². The van der Waals surface area contributed by atoms with Gasteiger partial charge in [-0.25, -0.2) is 0 Å². The molecule has 1 aliphatic carbocycles. The van der Waals surface area contributed by atoms with Gasteiger partial charge in [0, 0.05) is 18.1 Å². The number of hydrogen-bond acceptors (Lipinski definition) is 3. The molecule has 0 aromatic carbocycles. The number of allylic oxidation sites excluding steroid dienone is 8. The maximum atomic E-state index is 5.04. The van der Waals surface area contributed by atoms with E-state index < -0.39 is 0 Å². The largest absolute Gasteiger partial charge is 0.405 e. The molecule has 0 spiro atoms. The van der Waals surface area contributed by atoms with E-state index in [-0.39, 0.29) is 0 Å². The lowest BCUT2D eigenvalue weighted by atomic mass is 10.4. The molecule has 3 heteroatoms. The molecule has 0 saturated heterocycles. The molecule has 3 nitrogen and oxygen atoms in total. The van der Waals surface area contributed by atoms with Crippen molar-refractivity contribution in [1.82, 2.24) is 0 Å². The van der Waals surface area contributed by atoms with Crippen LogP contribution in [0.1, 0.15) is 0 Å². The highest BCUT2D eigenvalue weighted by Gasteiger charge is 1.82. The molecule has 0 atom stereocenters. The van der Waals surface area contributed by atoms with Crippen molar-refractivity contribution < 1.29 is 0 Å². The Morgan fingerprint density at radius 3 is 1.83 bits per heavy atom. The first kappa shape index (κ1) is 15.5. The minimum atomic E-state index is 0.484. The van der Waals surface area contributed by atoms with E-state index >= 15 is 0 Å². The van der Waals surface area contributed by atoms with Crippen molar-refractivity contribution in [3.8, 4) is 0 Å². The highest BCUT2D eigenvalue weighted by molar-refractivity contribution is 5.84. The normalized spacial score (nSPS) is 14.4. The molecule has 1 aliphatic heterocycles. The fourth-order valence-corrected chi connectivity index (χ4v) is 0.858. The first-order valence-corrected chi connectivity index (χ1v) is 5.31. The van der Waals surface area contributed by atoms with Crippen LogP contribution in [0.15, 0.2) is 90.4 Å². The maximum absolute atomic E-state index is 5.04. The quantitative estimate of drug-likeness (QED) is 0.693. The van der Waals surface area contributed by atoms with Crippen molar-refractivity contribution in [3.05, 3.63) is 85.4 Å². The Balaban J connectivity index is 0.000000241. The highest BCUT2D eigenvalue weighted by Crippen LogP contribution is 2.01. The van der Waals surface area contributed by atoms with Crippen LogP contribution < -0.4 is 11.5 Å². The molecule has 4 N–H and O–H groups in total. The topological polar surface area (TPSA) is 64.4 Å². The Labute approximate surface area is 109 Å². The molecule has 0 unspecified atom stereocenters. The van der Waals surface area contributed by atoms with Gasteiger partial charge in [0.2, 0.25) is 0 Å². The Kier molecular flexibility index (Phi) is 8.29. The van der Waals surface area contributed by atoms with Gasteiger partial charge >= 0.3 is 0 Å². The van der Waals surface area contributed by atoms with Crippen LogP contribution in [0.2, 0.25) is 0 Å². The van der Waals surface area contributed by atoms with Crippen LogP contribution >= 0.6 is 0 Å². The maximum Gasteiger partial charge on any atom is 0.0334 e. The number of hydrogen-bond donors (Lipinski definition) is 2. The molecular formula is C15H19N3. The molecule has 18 heavy (non-hydrogen) atoms. The number of rotatable bonds is 1. The van der Waals surface area contributed by atoms with Crippen LogP contribution in [0.4, 0.5) is 0 Å². The predicted molar refractivity (Wildman–Crippen MR) is 80.8 cm³/mol. The zero-order valence-electron chi connectivity index (χ0n) is 10.4. The first-order chi connectivity index (χ1) is 8.56. The number of nitrogens with two attached hydrogens (primary N) is 2. The van der Waals surface area contributed by atoms with Crippen LogP contribution in [-0.4, -0.2) is 6.21 Å². The van der Waals surface area contributed by atoms with Crippen LogP contribution in [0.3, 0.4) is 0 Å². The van der Waals surface area contributed by atoms with Crippen molar-refractivity contribution in [2.75, 3.05) is 0 Å². The van der Waals surface area contributed by atoms with Gasteiger partial charge in [0.05, 0.1) is 0 Å². The predicted octanol–water partition coefficient (Wildman–Crippen LogP) is 2.74. The van der Waals surface area contributed by atoms with Gasteiger partial charge in [-0.3, -0.25) is 4.99 Å². The second kappa shape index (κ2) is 9.66. The molecular weight excluding hydrogens is 222 g/mol. The summed E-state index contributed by atoms with van der Waals surface area (Å²) in [6, 6.07) is 0. The Morgan fingerprint density at radius 2 is 1.72 bits per heavy atom. The third-order valence-corrected chi connectivity index (χ3v) is 1.66. The van der Waals surface area contributed by atoms with Crippen LogP contribution in [0.25, 0.3) is 0 Å². The summed E-state index contributed by atoms with van der Waals surface area (Å²) in [5, 5.41) is 0. The van der Waals surface area contributed by atoms with E-state index in [1.165, 1.54) is 12.3 Å². The Hall–Kier alpha value is -2.55. The van der Waals surface area contributed by atoms with Gasteiger partial charge in [0.15, 0.2) is 0 Å². The molecule has 0 radical (unpaired) electrons. The van der Waals surface area contributed by atoms with Crippen molar-refractivity contribution in [3.63, 3.8) is 0 Å². The minimum Gasteiger partial charge on any atom is -0.405 e. The summed E-state index contributed by atoms with van der Waals surface area (Å²) in [6.07, 6.45) is 16.1. The SMILES string of the molecule is C=C(N)/C=C\N.C=C1C=CC=C1.C=C1C=CN=C1. The average Bonchev–Trinajstić information content (AvgIpc) is 2.93. The molecule has 0 amide bonds. The van der Waals surface area contributed by atoms with E-state index in [1.807, 2.05) is 30.4 Å². The van der Waals surface area contributed by atoms with E-state index in [0.29, 0.717) is 5.70 Å². The fourth-order valence-electron chi connectivity index (χ4n) is 0.858. The van der Waals surface area contributed by atoms with E-state index in [2.05, 4.69) is 24.7 Å². The second-order valence-electron chi connectivity index (χ2n) is 3.40. The Morgan fingerprint density at radius 1 is 1.11 bits per heavy atom. The zero-order chi connectivity index (χ0) is 13.8. The third kappa shape index (κ3) is 9.98. The summed E-state index contributed by atoms with van der Waals surface area (Å²) in [5.74, 6) is 0. The fraction of sp³-hybridized carbons (Fsp3) is 0. The molecule has 2 rings (SSSR count). The summed E-state index contributed by atoms with van der Waals surface area (Å²) in [4.78, 5) is 3.76. The van der Waals surface area contributed by atoms with Gasteiger partial charge in [-0.15, -0.1) is 0 Å². The molecule has 0 saturated carbocycles. The Bertz CT molecular complexity index is 386. The summed E-state index contributed by atoms with van der Waals surface area (Å²) < 4.78 is 0. The first-order valence-electron chi connectivity index (χ1n) is 5.31. The molecule has 0 aromatic heterocycles. The van der Waals surface area contributed by atoms with Gasteiger partial charge in [-0.1, -0.05) is 44.0 Å². The molecule has 0 aromatic rings. The highest BCUT2D eigenvalue weighted by atomic mass is 14.7. The van der Waals surface area contributed by atoms with Gasteiger partial charge in [-0.05, 0) is 29.5 Å². The third-order valence-electron chi connectivity index (χ3n) is 1.66. The minimum absolute atomic E-state index is 0.484. The monoisotopic (exact) mass is 241 g/mol. The molecule has 0 fully saturated rings. The van der Waals surface area contributed by atoms with E-state index in [0.717, 1.165) is 11.1 Å². The van der Waals surface area contributed by atoms with E-state index in [4.69, 9.17) is 11.5 Å². The molecule has 2 aliphatic rings.